The van der Waals surface area contributed by atoms with E-state index in [0.717, 1.165) is 53.1 Å². The van der Waals surface area contributed by atoms with Crippen molar-refractivity contribution in [2.24, 2.45) is 5.41 Å². The van der Waals surface area contributed by atoms with Gasteiger partial charge in [0.05, 0.1) is 5.56 Å². The van der Waals surface area contributed by atoms with E-state index in [4.69, 9.17) is 0 Å². The summed E-state index contributed by atoms with van der Waals surface area (Å²) in [5.41, 5.74) is 4.28. The third kappa shape index (κ3) is 3.48. The van der Waals surface area contributed by atoms with Crippen LogP contribution in [0, 0.1) is 16.7 Å². The predicted octanol–water partition coefficient (Wildman–Crippen LogP) is 6.11. The van der Waals surface area contributed by atoms with Crippen molar-refractivity contribution in [3.63, 3.8) is 0 Å². The summed E-state index contributed by atoms with van der Waals surface area (Å²) in [4.78, 5) is 30.0. The van der Waals surface area contributed by atoms with Crippen LogP contribution in [0.1, 0.15) is 79.9 Å². The first kappa shape index (κ1) is 20.7. The van der Waals surface area contributed by atoms with E-state index in [-0.39, 0.29) is 29.4 Å². The maximum atomic E-state index is 13.6. The van der Waals surface area contributed by atoms with E-state index in [0.29, 0.717) is 18.4 Å². The Morgan fingerprint density at radius 3 is 2.71 bits per heavy atom. The molecule has 0 unspecified atom stereocenters. The minimum absolute atomic E-state index is 0.00774. The summed E-state index contributed by atoms with van der Waals surface area (Å²) in [6.07, 6.45) is 6.75. The highest BCUT2D eigenvalue weighted by Crippen LogP contribution is 2.51. The number of anilines is 1. The second-order valence-corrected chi connectivity index (χ2v) is 11.6. The zero-order chi connectivity index (χ0) is 21.8. The molecule has 1 atom stereocenters. The Labute approximate surface area is 191 Å². The largest absolute Gasteiger partial charge is 0.294 e. The van der Waals surface area contributed by atoms with Crippen molar-refractivity contribution >= 4 is 39.4 Å². The number of rotatable bonds is 2. The predicted molar refractivity (Wildman–Crippen MR) is 125 cm³/mol. The van der Waals surface area contributed by atoms with Crippen LogP contribution in [0.15, 0.2) is 28.1 Å². The lowest BCUT2D eigenvalue weighted by Crippen LogP contribution is -2.43. The molecule has 0 fully saturated rings. The molecule has 2 aromatic heterocycles. The Kier molecular flexibility index (Phi) is 5.15. The van der Waals surface area contributed by atoms with Crippen molar-refractivity contribution in [2.45, 2.75) is 71.1 Å². The summed E-state index contributed by atoms with van der Waals surface area (Å²) in [6, 6.07) is 4.46. The molecule has 0 radical (unpaired) electrons. The number of aryl methyl sites for hydroxylation is 1. The molecule has 0 saturated heterocycles. The molecule has 2 aromatic rings. The number of Topliss-reactive ketones (excluding diaryl/α,β-unsaturated/α-hetero) is 1. The van der Waals surface area contributed by atoms with Crippen LogP contribution in [-0.4, -0.2) is 11.7 Å². The molecule has 5 rings (SSSR count). The number of thiophene rings is 2. The van der Waals surface area contributed by atoms with Crippen molar-refractivity contribution in [1.29, 1.82) is 5.26 Å². The topological polar surface area (TPSA) is 61.2 Å². The first-order valence-electron chi connectivity index (χ1n) is 11.1. The monoisotopic (exact) mass is 450 g/mol. The Morgan fingerprint density at radius 2 is 1.97 bits per heavy atom. The van der Waals surface area contributed by atoms with Crippen LogP contribution < -0.4 is 4.90 Å². The highest BCUT2D eigenvalue weighted by Gasteiger charge is 2.45. The molecular weight excluding hydrogens is 424 g/mol. The molecule has 6 heteroatoms. The summed E-state index contributed by atoms with van der Waals surface area (Å²) in [5, 5.41) is 14.9. The van der Waals surface area contributed by atoms with Gasteiger partial charge in [0.1, 0.15) is 11.1 Å². The summed E-state index contributed by atoms with van der Waals surface area (Å²) in [7, 11) is 0. The van der Waals surface area contributed by atoms with Gasteiger partial charge in [-0.1, -0.05) is 20.3 Å². The molecule has 4 nitrogen and oxygen atoms in total. The van der Waals surface area contributed by atoms with E-state index >= 15 is 0 Å². The molecule has 2 aliphatic carbocycles. The highest BCUT2D eigenvalue weighted by atomic mass is 32.1. The lowest BCUT2D eigenvalue weighted by Gasteiger charge is -2.42. The number of ketones is 1. The molecule has 0 spiro atoms. The maximum absolute atomic E-state index is 13.6. The Balaban J connectivity index is 1.70. The molecule has 160 valence electrons. The molecule has 1 amide bonds. The summed E-state index contributed by atoms with van der Waals surface area (Å²) in [6.45, 7) is 4.20. The van der Waals surface area contributed by atoms with Crippen LogP contribution in [0.25, 0.3) is 0 Å². The molecule has 3 heterocycles. The maximum Gasteiger partial charge on any atom is 0.232 e. The number of allylic oxidation sites excluding steroid dienone is 2. The zero-order valence-corrected chi connectivity index (χ0v) is 19.6. The lowest BCUT2D eigenvalue weighted by molar-refractivity contribution is -0.120. The van der Waals surface area contributed by atoms with Crippen molar-refractivity contribution in [3.8, 4) is 6.07 Å². The van der Waals surface area contributed by atoms with Crippen LogP contribution >= 0.6 is 22.7 Å². The van der Waals surface area contributed by atoms with E-state index < -0.39 is 0 Å². The Morgan fingerprint density at radius 1 is 1.16 bits per heavy atom. The van der Waals surface area contributed by atoms with Crippen LogP contribution in [-0.2, 0) is 22.4 Å². The second-order valence-electron chi connectivity index (χ2n) is 9.70. The molecule has 0 bridgehead atoms. The minimum Gasteiger partial charge on any atom is -0.294 e. The van der Waals surface area contributed by atoms with E-state index in [2.05, 4.69) is 25.3 Å². The van der Waals surface area contributed by atoms with Crippen molar-refractivity contribution < 1.29 is 9.59 Å². The van der Waals surface area contributed by atoms with E-state index in [1.807, 2.05) is 11.4 Å². The van der Waals surface area contributed by atoms with Gasteiger partial charge in [0, 0.05) is 34.9 Å². The zero-order valence-electron chi connectivity index (χ0n) is 18.0. The average molecular weight is 451 g/mol. The Bertz CT molecular complexity index is 1130. The van der Waals surface area contributed by atoms with Gasteiger partial charge < -0.3 is 0 Å². The molecule has 3 aliphatic rings. The number of carbonyl (C=O) groups is 2. The van der Waals surface area contributed by atoms with Gasteiger partial charge in [0.15, 0.2) is 5.78 Å². The van der Waals surface area contributed by atoms with Crippen molar-refractivity contribution in [1.82, 2.24) is 0 Å². The number of nitriles is 1. The van der Waals surface area contributed by atoms with Crippen LogP contribution in [0.4, 0.5) is 5.00 Å². The molecule has 0 saturated carbocycles. The lowest BCUT2D eigenvalue weighted by atomic mass is 9.69. The fourth-order valence-corrected chi connectivity index (χ4v) is 7.51. The first-order valence-corrected chi connectivity index (χ1v) is 12.8. The smallest absolute Gasteiger partial charge is 0.232 e. The van der Waals surface area contributed by atoms with Gasteiger partial charge in [0.25, 0.3) is 0 Å². The average Bonchev–Trinajstić information content (AvgIpc) is 3.29. The number of hydrogen-bond donors (Lipinski definition) is 0. The molecule has 1 aliphatic heterocycles. The van der Waals surface area contributed by atoms with Crippen molar-refractivity contribution in [2.75, 3.05) is 4.90 Å². The fraction of sp³-hybridized carbons (Fsp3) is 0.480. The highest BCUT2D eigenvalue weighted by molar-refractivity contribution is 7.16. The van der Waals surface area contributed by atoms with Gasteiger partial charge in [0.2, 0.25) is 5.91 Å². The molecule has 31 heavy (non-hydrogen) atoms. The first-order chi connectivity index (χ1) is 14.9. The normalized spacial score (nSPS) is 23.3. The number of carbonyl (C=O) groups excluding carboxylic acids is 2. The number of amides is 1. The SMILES string of the molecule is CC1(C)CC(=O)C2=C(C1)N(c1sc3c(c1C#N)CCCCC3)C(=O)C[C@H]2c1ccsc1. The number of fused-ring (bicyclic) bond motifs is 1. The quantitative estimate of drug-likeness (QED) is 0.518. The van der Waals surface area contributed by atoms with E-state index in [1.165, 1.54) is 11.3 Å². The summed E-state index contributed by atoms with van der Waals surface area (Å²) in [5.74, 6) is -0.0122. The molecule has 0 aromatic carbocycles. The van der Waals surface area contributed by atoms with Crippen LogP contribution in [0.5, 0.6) is 0 Å². The fourth-order valence-electron chi connectivity index (χ4n) is 5.41. The second kappa shape index (κ2) is 7.72. The van der Waals surface area contributed by atoms with Gasteiger partial charge in [-0.3, -0.25) is 14.5 Å². The number of nitrogens with zero attached hydrogens (tertiary/aromatic N) is 2. The van der Waals surface area contributed by atoms with Crippen LogP contribution in [0.3, 0.4) is 0 Å². The van der Waals surface area contributed by atoms with Gasteiger partial charge in [-0.2, -0.15) is 16.6 Å². The standard InChI is InChI=1S/C25H26N2O2S2/c1-25(2)11-19-23(20(28)12-25)17(15-8-9-30-14-15)10-22(29)27(19)24-18(13-26)16-6-4-3-5-7-21(16)31-24/h8-9,14,17H,3-7,10-12H2,1-2H3/t17-/m0/s1. The van der Waals surface area contributed by atoms with E-state index in [9.17, 15) is 14.9 Å². The van der Waals surface area contributed by atoms with Crippen LogP contribution in [0.2, 0.25) is 0 Å². The van der Waals surface area contributed by atoms with E-state index in [1.54, 1.807) is 27.6 Å². The molecular formula is C25H26N2O2S2. The number of hydrogen-bond acceptors (Lipinski definition) is 5. The summed E-state index contributed by atoms with van der Waals surface area (Å²) >= 11 is 3.20. The summed E-state index contributed by atoms with van der Waals surface area (Å²) < 4.78 is 0. The third-order valence-electron chi connectivity index (χ3n) is 6.81. The Hall–Kier alpha value is -2.23. The van der Waals surface area contributed by atoms with Crippen molar-refractivity contribution in [3.05, 3.63) is 49.7 Å². The molecule has 0 N–H and O–H groups in total. The minimum atomic E-state index is -0.202. The van der Waals surface area contributed by atoms with Gasteiger partial charge in [-0.25, -0.2) is 0 Å². The van der Waals surface area contributed by atoms with Gasteiger partial charge in [-0.15, -0.1) is 11.3 Å². The third-order valence-corrected chi connectivity index (χ3v) is 8.78. The van der Waals surface area contributed by atoms with Gasteiger partial charge >= 0.3 is 0 Å². The van der Waals surface area contributed by atoms with Gasteiger partial charge in [-0.05, 0) is 65.5 Å².